The first-order valence-electron chi connectivity index (χ1n) is 8.36. The van der Waals surface area contributed by atoms with Gasteiger partial charge in [0.25, 0.3) is 0 Å². The van der Waals surface area contributed by atoms with E-state index in [4.69, 9.17) is 0 Å². The summed E-state index contributed by atoms with van der Waals surface area (Å²) in [5.41, 5.74) is 2.85. The van der Waals surface area contributed by atoms with Gasteiger partial charge in [-0.2, -0.15) is 11.3 Å². The van der Waals surface area contributed by atoms with Crippen LogP contribution in [0.15, 0.2) is 45.6 Å². The molecule has 0 saturated carbocycles. The van der Waals surface area contributed by atoms with Gasteiger partial charge in [0.1, 0.15) is 0 Å². The van der Waals surface area contributed by atoms with Gasteiger partial charge in [-0.15, -0.1) is 0 Å². The van der Waals surface area contributed by atoms with E-state index in [0.29, 0.717) is 0 Å². The SMILES string of the molecule is CN(Cc1ccsc1)CC1CCN(Cc2ccccc2Br)CC1. The molecule has 23 heavy (non-hydrogen) atoms. The van der Waals surface area contributed by atoms with E-state index in [-0.39, 0.29) is 0 Å². The largest absolute Gasteiger partial charge is 0.302 e. The fourth-order valence-electron chi connectivity index (χ4n) is 3.39. The molecular formula is C19H25BrN2S. The third kappa shape index (κ3) is 5.15. The Morgan fingerprint density at radius 2 is 2.00 bits per heavy atom. The van der Waals surface area contributed by atoms with Crippen LogP contribution in [0.4, 0.5) is 0 Å². The van der Waals surface area contributed by atoms with Crippen LogP contribution in [0.2, 0.25) is 0 Å². The summed E-state index contributed by atoms with van der Waals surface area (Å²) in [6, 6.07) is 10.8. The van der Waals surface area contributed by atoms with Gasteiger partial charge >= 0.3 is 0 Å². The Hall–Kier alpha value is -0.680. The third-order valence-electron chi connectivity index (χ3n) is 4.66. The summed E-state index contributed by atoms with van der Waals surface area (Å²) < 4.78 is 1.23. The zero-order chi connectivity index (χ0) is 16.1. The van der Waals surface area contributed by atoms with E-state index in [1.807, 2.05) is 0 Å². The molecule has 0 bridgehead atoms. The first-order valence-corrected chi connectivity index (χ1v) is 10.1. The Balaban J connectivity index is 1.42. The van der Waals surface area contributed by atoms with Crippen LogP contribution in [0.5, 0.6) is 0 Å². The molecule has 2 heterocycles. The van der Waals surface area contributed by atoms with Crippen molar-refractivity contribution in [1.82, 2.24) is 9.80 Å². The number of halogens is 1. The Morgan fingerprint density at radius 1 is 1.22 bits per heavy atom. The number of thiophene rings is 1. The van der Waals surface area contributed by atoms with E-state index in [9.17, 15) is 0 Å². The molecule has 124 valence electrons. The highest BCUT2D eigenvalue weighted by Gasteiger charge is 2.20. The molecule has 2 aromatic rings. The number of likely N-dealkylation sites (tertiary alicyclic amines) is 1. The second-order valence-corrected chi connectivity index (χ2v) is 8.27. The predicted octanol–water partition coefficient (Wildman–Crippen LogP) is 4.85. The minimum atomic E-state index is 0.842. The summed E-state index contributed by atoms with van der Waals surface area (Å²) in [7, 11) is 2.26. The van der Waals surface area contributed by atoms with Crippen LogP contribution in [0.25, 0.3) is 0 Å². The van der Waals surface area contributed by atoms with E-state index in [1.165, 1.54) is 48.1 Å². The quantitative estimate of drug-likeness (QED) is 0.692. The highest BCUT2D eigenvalue weighted by atomic mass is 79.9. The Morgan fingerprint density at radius 3 is 2.70 bits per heavy atom. The van der Waals surface area contributed by atoms with Gasteiger partial charge in [0.2, 0.25) is 0 Å². The molecule has 1 fully saturated rings. The van der Waals surface area contributed by atoms with E-state index < -0.39 is 0 Å². The molecule has 0 spiro atoms. The van der Waals surface area contributed by atoms with Gasteiger partial charge in [-0.1, -0.05) is 34.1 Å². The van der Waals surface area contributed by atoms with Crippen LogP contribution in [-0.2, 0) is 13.1 Å². The zero-order valence-corrected chi connectivity index (χ0v) is 16.2. The molecule has 0 radical (unpaired) electrons. The lowest BCUT2D eigenvalue weighted by Gasteiger charge is -2.34. The van der Waals surface area contributed by atoms with Crippen molar-refractivity contribution in [3.05, 3.63) is 56.7 Å². The molecule has 1 saturated heterocycles. The summed E-state index contributed by atoms with van der Waals surface area (Å²) in [5.74, 6) is 0.842. The normalized spacial score (nSPS) is 17.0. The monoisotopic (exact) mass is 392 g/mol. The predicted molar refractivity (Wildman–Crippen MR) is 103 cm³/mol. The number of piperidine rings is 1. The van der Waals surface area contributed by atoms with Crippen molar-refractivity contribution in [3.8, 4) is 0 Å². The molecule has 0 N–H and O–H groups in total. The number of hydrogen-bond acceptors (Lipinski definition) is 3. The van der Waals surface area contributed by atoms with Crippen LogP contribution < -0.4 is 0 Å². The molecule has 3 rings (SSSR count). The summed E-state index contributed by atoms with van der Waals surface area (Å²) in [4.78, 5) is 5.08. The second-order valence-electron chi connectivity index (χ2n) is 6.64. The van der Waals surface area contributed by atoms with Crippen molar-refractivity contribution >= 4 is 27.3 Å². The van der Waals surface area contributed by atoms with Crippen LogP contribution >= 0.6 is 27.3 Å². The lowest BCUT2D eigenvalue weighted by Crippen LogP contribution is -2.37. The average molecular weight is 393 g/mol. The fourth-order valence-corrected chi connectivity index (χ4v) is 4.46. The minimum Gasteiger partial charge on any atom is -0.302 e. The zero-order valence-electron chi connectivity index (χ0n) is 13.7. The number of benzene rings is 1. The van der Waals surface area contributed by atoms with Gasteiger partial charge in [-0.25, -0.2) is 0 Å². The summed E-state index contributed by atoms with van der Waals surface area (Å²) in [5, 5.41) is 4.43. The first-order chi connectivity index (χ1) is 11.2. The Kier molecular flexibility index (Phi) is 6.29. The van der Waals surface area contributed by atoms with Crippen molar-refractivity contribution in [3.63, 3.8) is 0 Å². The van der Waals surface area contributed by atoms with Crippen molar-refractivity contribution in [2.24, 2.45) is 5.92 Å². The lowest BCUT2D eigenvalue weighted by molar-refractivity contribution is 0.147. The molecule has 1 aromatic heterocycles. The number of rotatable bonds is 6. The maximum absolute atomic E-state index is 3.66. The summed E-state index contributed by atoms with van der Waals surface area (Å²) >= 11 is 5.46. The van der Waals surface area contributed by atoms with Crippen LogP contribution in [-0.4, -0.2) is 36.5 Å². The van der Waals surface area contributed by atoms with Gasteiger partial charge in [-0.3, -0.25) is 4.90 Å². The highest BCUT2D eigenvalue weighted by Crippen LogP contribution is 2.23. The van der Waals surface area contributed by atoms with Crippen LogP contribution in [0, 0.1) is 5.92 Å². The molecule has 1 aliphatic rings. The molecule has 2 nitrogen and oxygen atoms in total. The van der Waals surface area contributed by atoms with Gasteiger partial charge in [-0.05, 0) is 72.9 Å². The molecule has 0 atom stereocenters. The van der Waals surface area contributed by atoms with E-state index in [2.05, 4.69) is 73.9 Å². The van der Waals surface area contributed by atoms with E-state index in [0.717, 1.165) is 19.0 Å². The van der Waals surface area contributed by atoms with E-state index >= 15 is 0 Å². The molecule has 0 aliphatic carbocycles. The smallest absolute Gasteiger partial charge is 0.0244 e. The molecule has 4 heteroatoms. The molecule has 1 aliphatic heterocycles. The highest BCUT2D eigenvalue weighted by molar-refractivity contribution is 9.10. The lowest BCUT2D eigenvalue weighted by atomic mass is 9.96. The molecular weight excluding hydrogens is 368 g/mol. The first kappa shape index (κ1) is 17.2. The summed E-state index contributed by atoms with van der Waals surface area (Å²) in [6.07, 6.45) is 2.64. The average Bonchev–Trinajstić information content (AvgIpc) is 3.04. The van der Waals surface area contributed by atoms with Gasteiger partial charge < -0.3 is 4.90 Å². The molecule has 0 amide bonds. The maximum atomic E-state index is 3.66. The van der Waals surface area contributed by atoms with Crippen LogP contribution in [0.3, 0.4) is 0 Å². The van der Waals surface area contributed by atoms with Gasteiger partial charge in [0.15, 0.2) is 0 Å². The van der Waals surface area contributed by atoms with Crippen molar-refractivity contribution in [2.45, 2.75) is 25.9 Å². The van der Waals surface area contributed by atoms with Crippen molar-refractivity contribution < 1.29 is 0 Å². The fraction of sp³-hybridized carbons (Fsp3) is 0.474. The molecule has 1 aromatic carbocycles. The molecule has 0 unspecified atom stereocenters. The Bertz CT molecular complexity index is 591. The van der Waals surface area contributed by atoms with Gasteiger partial charge in [0.05, 0.1) is 0 Å². The Labute approximate surface area is 152 Å². The second kappa shape index (κ2) is 8.43. The summed E-state index contributed by atoms with van der Waals surface area (Å²) in [6.45, 7) is 5.81. The van der Waals surface area contributed by atoms with Gasteiger partial charge in [0, 0.05) is 24.1 Å². The topological polar surface area (TPSA) is 6.48 Å². The van der Waals surface area contributed by atoms with E-state index in [1.54, 1.807) is 11.3 Å². The van der Waals surface area contributed by atoms with Crippen molar-refractivity contribution in [2.75, 3.05) is 26.7 Å². The standard InChI is InChI=1S/C19H25BrN2S/c1-21(13-17-8-11-23-15-17)12-16-6-9-22(10-7-16)14-18-4-2-3-5-19(18)20/h2-5,8,11,15-16H,6-7,9-10,12-14H2,1H3. The van der Waals surface area contributed by atoms with Crippen LogP contribution in [0.1, 0.15) is 24.0 Å². The maximum Gasteiger partial charge on any atom is 0.0244 e. The number of nitrogens with zero attached hydrogens (tertiary/aromatic N) is 2. The third-order valence-corrected chi connectivity index (χ3v) is 6.17. The van der Waals surface area contributed by atoms with Crippen molar-refractivity contribution in [1.29, 1.82) is 0 Å². The minimum absolute atomic E-state index is 0.842. The number of hydrogen-bond donors (Lipinski definition) is 0.